The molecule has 8 aromatic rings. The van der Waals surface area contributed by atoms with Crippen molar-refractivity contribution in [2.45, 2.75) is 0 Å². The number of hydrogen-bond acceptors (Lipinski definition) is 2. The number of rotatable bonds is 3. The first-order valence-electron chi connectivity index (χ1n) is 16.2. The molecule has 7 aromatic carbocycles. The molecule has 3 nitrogen and oxygen atoms in total. The molecule has 0 atom stereocenters. The number of hydrogen-bond donors (Lipinski definition) is 0. The van der Waals surface area contributed by atoms with E-state index in [0.717, 1.165) is 72.3 Å². The predicted octanol–water partition coefficient (Wildman–Crippen LogP) is 6.03. The van der Waals surface area contributed by atoms with Crippen molar-refractivity contribution in [2.24, 2.45) is 0 Å². The zero-order valence-electron chi connectivity index (χ0n) is 25.5. The van der Waals surface area contributed by atoms with Crippen molar-refractivity contribution in [2.75, 3.05) is 0 Å². The van der Waals surface area contributed by atoms with Crippen LogP contribution in [-0.4, -0.2) is 18.0 Å². The number of ether oxygens (including phenoxy) is 2. The zero-order valence-corrected chi connectivity index (χ0v) is 25.5. The van der Waals surface area contributed by atoms with Crippen molar-refractivity contribution in [3.8, 4) is 28.7 Å². The number of benzene rings is 7. The maximum absolute atomic E-state index is 7.20. The van der Waals surface area contributed by atoms with Crippen LogP contribution in [0, 0.1) is 0 Å². The average Bonchev–Trinajstić information content (AvgIpc) is 3.50. The molecule has 47 heavy (non-hydrogen) atoms. The van der Waals surface area contributed by atoms with Gasteiger partial charge in [0.1, 0.15) is 28.5 Å². The van der Waals surface area contributed by atoms with Crippen molar-refractivity contribution in [3.63, 3.8) is 0 Å². The van der Waals surface area contributed by atoms with Crippen LogP contribution in [0.4, 0.5) is 0 Å². The Morgan fingerprint density at radius 1 is 0.426 bits per heavy atom. The predicted molar refractivity (Wildman–Crippen MR) is 196 cm³/mol. The third-order valence-corrected chi connectivity index (χ3v) is 9.84. The van der Waals surface area contributed by atoms with Crippen LogP contribution in [0.15, 0.2) is 164 Å². The normalized spacial score (nSPS) is 12.9. The number of aromatic nitrogens is 1. The molecule has 1 aromatic heterocycles. The monoisotopic (exact) mass is 599 g/mol. The van der Waals surface area contributed by atoms with Gasteiger partial charge in [0.15, 0.2) is 0 Å². The Morgan fingerprint density at radius 3 is 1.51 bits per heavy atom. The fourth-order valence-corrected chi connectivity index (χ4v) is 7.96. The molecule has 2 aliphatic heterocycles. The van der Waals surface area contributed by atoms with Gasteiger partial charge in [-0.05, 0) is 52.2 Å². The minimum absolute atomic E-state index is 0.0618. The molecule has 0 aliphatic carbocycles. The molecule has 218 valence electrons. The summed E-state index contributed by atoms with van der Waals surface area (Å²) in [6, 6.07) is 58.0. The molecule has 3 heterocycles. The van der Waals surface area contributed by atoms with Gasteiger partial charge in [0.05, 0.1) is 10.9 Å². The van der Waals surface area contributed by atoms with E-state index >= 15 is 0 Å². The van der Waals surface area contributed by atoms with Gasteiger partial charge in [0.2, 0.25) is 6.71 Å². The van der Waals surface area contributed by atoms with Crippen LogP contribution in [0.5, 0.6) is 23.0 Å². The molecule has 0 spiro atoms. The summed E-state index contributed by atoms with van der Waals surface area (Å²) in [5.41, 5.74) is 10.3. The van der Waals surface area contributed by atoms with Gasteiger partial charge in [-0.15, -0.1) is 0 Å². The average molecular weight is 599 g/mol. The molecule has 0 saturated carbocycles. The Balaban J connectivity index is 1.45. The van der Waals surface area contributed by atoms with Crippen LogP contribution in [0.1, 0.15) is 0 Å². The molecular weight excluding hydrogens is 572 g/mol. The minimum Gasteiger partial charge on any atom is -0.458 e. The van der Waals surface area contributed by atoms with E-state index in [2.05, 4.69) is 168 Å². The Hall–Kier alpha value is -5.93. The molecule has 2 aliphatic rings. The van der Waals surface area contributed by atoms with E-state index in [4.69, 9.17) is 9.47 Å². The second kappa shape index (κ2) is 10.3. The largest absolute Gasteiger partial charge is 0.458 e. The highest BCUT2D eigenvalue weighted by Gasteiger charge is 2.45. The lowest BCUT2D eigenvalue weighted by Crippen LogP contribution is -2.67. The summed E-state index contributed by atoms with van der Waals surface area (Å²) in [7, 11) is 0. The van der Waals surface area contributed by atoms with Crippen LogP contribution >= 0.6 is 0 Å². The highest BCUT2D eigenvalue weighted by molar-refractivity contribution is 7.06. The van der Waals surface area contributed by atoms with E-state index in [9.17, 15) is 0 Å². The quantitative estimate of drug-likeness (QED) is 0.232. The molecule has 10 rings (SSSR count). The lowest BCUT2D eigenvalue weighted by Gasteiger charge is -2.35. The molecule has 0 fully saturated rings. The standard InChI is InChI=1S/C42H27B2NO2/c1-4-16-28(17-5-1)43-32-23-11-14-26-35(32)46-41-37-31-22-10-13-25-34(31)45(30-20-8-3-9-21-30)40(37)42-39(38(41)43)44(29-18-6-2-7-19-29)33-24-12-15-27-36(33)47-42/h1-27H. The topological polar surface area (TPSA) is 23.4 Å². The number of nitrogens with zero attached hydrogens (tertiary/aromatic N) is 1. The van der Waals surface area contributed by atoms with Crippen molar-refractivity contribution < 1.29 is 9.47 Å². The summed E-state index contributed by atoms with van der Waals surface area (Å²) in [6.07, 6.45) is 0. The summed E-state index contributed by atoms with van der Waals surface area (Å²) in [4.78, 5) is 0. The van der Waals surface area contributed by atoms with Crippen molar-refractivity contribution in [3.05, 3.63) is 164 Å². The smallest absolute Gasteiger partial charge is 0.250 e. The van der Waals surface area contributed by atoms with Gasteiger partial charge in [-0.3, -0.25) is 0 Å². The van der Waals surface area contributed by atoms with Gasteiger partial charge in [-0.2, -0.15) is 0 Å². The van der Waals surface area contributed by atoms with E-state index in [1.54, 1.807) is 0 Å². The van der Waals surface area contributed by atoms with Crippen LogP contribution in [0.2, 0.25) is 0 Å². The van der Waals surface area contributed by atoms with Crippen LogP contribution in [0.25, 0.3) is 27.5 Å². The second-order valence-corrected chi connectivity index (χ2v) is 12.4. The van der Waals surface area contributed by atoms with Gasteiger partial charge in [0.25, 0.3) is 6.71 Å². The van der Waals surface area contributed by atoms with Crippen LogP contribution in [-0.2, 0) is 0 Å². The fourth-order valence-electron chi connectivity index (χ4n) is 7.96. The van der Waals surface area contributed by atoms with Crippen molar-refractivity contribution >= 4 is 68.0 Å². The molecule has 0 bridgehead atoms. The molecule has 5 heteroatoms. The molecule has 0 N–H and O–H groups in total. The Morgan fingerprint density at radius 2 is 0.894 bits per heavy atom. The van der Waals surface area contributed by atoms with Gasteiger partial charge in [0, 0.05) is 11.1 Å². The highest BCUT2D eigenvalue weighted by Crippen LogP contribution is 2.45. The van der Waals surface area contributed by atoms with E-state index < -0.39 is 0 Å². The summed E-state index contributed by atoms with van der Waals surface area (Å²) in [6.45, 7) is -0.134. The van der Waals surface area contributed by atoms with E-state index in [1.807, 2.05) is 0 Å². The van der Waals surface area contributed by atoms with Crippen molar-refractivity contribution in [1.82, 2.24) is 4.57 Å². The van der Waals surface area contributed by atoms with Crippen LogP contribution in [0.3, 0.4) is 0 Å². The van der Waals surface area contributed by atoms with Gasteiger partial charge in [-0.25, -0.2) is 0 Å². The van der Waals surface area contributed by atoms with E-state index in [1.165, 1.54) is 10.9 Å². The highest BCUT2D eigenvalue weighted by atomic mass is 16.5. The first kappa shape index (κ1) is 26.3. The van der Waals surface area contributed by atoms with Gasteiger partial charge < -0.3 is 14.0 Å². The third-order valence-electron chi connectivity index (χ3n) is 9.84. The maximum atomic E-state index is 7.20. The second-order valence-electron chi connectivity index (χ2n) is 12.4. The zero-order chi connectivity index (χ0) is 30.9. The maximum Gasteiger partial charge on any atom is 0.250 e. The first-order valence-corrected chi connectivity index (χ1v) is 16.2. The SMILES string of the molecule is c1ccc(B2c3ccccc3Oc3c2c2c(c4c3c3ccccc3n4-c3ccccc3)Oc3ccccc3B2c2ccccc2)cc1. The minimum atomic E-state index is -0.0726. The van der Waals surface area contributed by atoms with Crippen LogP contribution < -0.4 is 42.3 Å². The number of fused-ring (bicyclic) bond motifs is 10. The van der Waals surface area contributed by atoms with Gasteiger partial charge in [-0.1, -0.05) is 144 Å². The Labute approximate surface area is 273 Å². The molecular formula is C42H27B2NO2. The van der Waals surface area contributed by atoms with E-state index in [-0.39, 0.29) is 13.4 Å². The first-order chi connectivity index (χ1) is 23.4. The fraction of sp³-hybridized carbons (Fsp3) is 0. The van der Waals surface area contributed by atoms with Crippen molar-refractivity contribution in [1.29, 1.82) is 0 Å². The lowest BCUT2D eigenvalue weighted by atomic mass is 9.27. The summed E-state index contributed by atoms with van der Waals surface area (Å²) in [5.74, 6) is 3.56. The Bertz CT molecular complexity index is 2480. The molecule has 0 amide bonds. The lowest BCUT2D eigenvalue weighted by molar-refractivity contribution is 0.483. The summed E-state index contributed by atoms with van der Waals surface area (Å²) >= 11 is 0. The summed E-state index contributed by atoms with van der Waals surface area (Å²) in [5, 5.41) is 2.20. The molecule has 0 saturated heterocycles. The number of para-hydroxylation sites is 4. The van der Waals surface area contributed by atoms with E-state index in [0.29, 0.717) is 0 Å². The molecule has 0 unspecified atom stereocenters. The Kier molecular flexibility index (Phi) is 5.76. The summed E-state index contributed by atoms with van der Waals surface area (Å²) < 4.78 is 16.7. The van der Waals surface area contributed by atoms with Gasteiger partial charge >= 0.3 is 0 Å². The molecule has 0 radical (unpaired) electrons. The third kappa shape index (κ3) is 3.83.